The highest BCUT2D eigenvalue weighted by Crippen LogP contribution is 2.40. The van der Waals surface area contributed by atoms with Gasteiger partial charge in [0.05, 0.1) is 0 Å². The molecule has 0 radical (unpaired) electrons. The number of carbonyl (C=O) groups is 1. The molecule has 4 nitrogen and oxygen atoms in total. The van der Waals surface area contributed by atoms with E-state index in [1.54, 1.807) is 24.3 Å². The third-order valence-corrected chi connectivity index (χ3v) is 2.95. The maximum atomic E-state index is 11.1. The molecule has 3 rings (SSSR count). The second kappa shape index (κ2) is 3.01. The molecule has 0 spiro atoms. The summed E-state index contributed by atoms with van der Waals surface area (Å²) < 4.78 is 1.86. The van der Waals surface area contributed by atoms with E-state index in [1.807, 2.05) is 4.57 Å². The number of aromatic carboxylic acids is 1. The maximum absolute atomic E-state index is 11.1. The molecule has 2 N–H and O–H groups in total. The lowest BCUT2D eigenvalue weighted by Gasteiger charge is -2.05. The van der Waals surface area contributed by atoms with Gasteiger partial charge in [-0.25, -0.2) is 4.79 Å². The fourth-order valence-electron chi connectivity index (χ4n) is 2.11. The molecule has 16 heavy (non-hydrogen) atoms. The van der Waals surface area contributed by atoms with E-state index < -0.39 is 5.97 Å². The Morgan fingerprint density at radius 3 is 2.69 bits per heavy atom. The van der Waals surface area contributed by atoms with Crippen LogP contribution in [0.1, 0.15) is 29.4 Å². The Hall–Kier alpha value is -1.97. The molecule has 0 amide bonds. The van der Waals surface area contributed by atoms with Gasteiger partial charge in [0.1, 0.15) is 11.4 Å². The second-order valence-electron chi connectivity index (χ2n) is 4.18. The Balaban J connectivity index is 2.32. The Kier molecular flexibility index (Phi) is 1.74. The van der Waals surface area contributed by atoms with E-state index in [9.17, 15) is 9.90 Å². The van der Waals surface area contributed by atoms with Crippen LogP contribution in [0.4, 0.5) is 0 Å². The standard InChI is InChI=1S/C12H11NO3/c14-9-3-4-10-7(5-9)6-11(12(15)16)13(10)8-1-2-8/h3-6,8,14H,1-2H2,(H,15,16). The zero-order chi connectivity index (χ0) is 11.3. The summed E-state index contributed by atoms with van der Waals surface area (Å²) >= 11 is 0. The second-order valence-corrected chi connectivity index (χ2v) is 4.18. The van der Waals surface area contributed by atoms with Crippen molar-refractivity contribution in [2.75, 3.05) is 0 Å². The van der Waals surface area contributed by atoms with Crippen molar-refractivity contribution in [1.82, 2.24) is 4.57 Å². The van der Waals surface area contributed by atoms with Crippen LogP contribution in [0.3, 0.4) is 0 Å². The Morgan fingerprint density at radius 2 is 2.06 bits per heavy atom. The molecule has 0 aliphatic heterocycles. The monoisotopic (exact) mass is 217 g/mol. The number of hydrogen-bond acceptors (Lipinski definition) is 2. The number of carboxylic acid groups (broad SMARTS) is 1. The molecular weight excluding hydrogens is 206 g/mol. The molecule has 2 aromatic rings. The summed E-state index contributed by atoms with van der Waals surface area (Å²) in [5, 5.41) is 19.3. The predicted octanol–water partition coefficient (Wildman–Crippen LogP) is 2.38. The minimum atomic E-state index is -0.914. The molecule has 0 saturated heterocycles. The predicted molar refractivity (Wildman–Crippen MR) is 58.8 cm³/mol. The molecule has 1 aliphatic carbocycles. The van der Waals surface area contributed by atoms with Crippen LogP contribution in [-0.2, 0) is 0 Å². The lowest BCUT2D eigenvalue weighted by atomic mass is 10.2. The van der Waals surface area contributed by atoms with Crippen molar-refractivity contribution in [2.45, 2.75) is 18.9 Å². The van der Waals surface area contributed by atoms with Gasteiger partial charge in [-0.2, -0.15) is 0 Å². The van der Waals surface area contributed by atoms with E-state index in [0.29, 0.717) is 11.7 Å². The number of carboxylic acids is 1. The van der Waals surface area contributed by atoms with Crippen molar-refractivity contribution in [3.05, 3.63) is 30.0 Å². The van der Waals surface area contributed by atoms with Gasteiger partial charge in [-0.3, -0.25) is 0 Å². The third kappa shape index (κ3) is 1.26. The summed E-state index contributed by atoms with van der Waals surface area (Å²) in [6, 6.07) is 6.90. The van der Waals surface area contributed by atoms with Crippen molar-refractivity contribution in [2.24, 2.45) is 0 Å². The van der Waals surface area contributed by atoms with Crippen molar-refractivity contribution >= 4 is 16.9 Å². The van der Waals surface area contributed by atoms with E-state index in [0.717, 1.165) is 23.7 Å². The number of phenolic OH excluding ortho intramolecular Hbond substituents is 1. The van der Waals surface area contributed by atoms with Crippen molar-refractivity contribution in [3.8, 4) is 5.75 Å². The first kappa shape index (κ1) is 9.27. The SMILES string of the molecule is O=C(O)c1cc2cc(O)ccc2n1C1CC1. The first-order valence-corrected chi connectivity index (χ1v) is 5.24. The van der Waals surface area contributed by atoms with E-state index in [4.69, 9.17) is 5.11 Å². The molecule has 1 aromatic carbocycles. The van der Waals surface area contributed by atoms with Gasteiger partial charge in [0.25, 0.3) is 0 Å². The van der Waals surface area contributed by atoms with Gasteiger partial charge in [0.15, 0.2) is 0 Å². The van der Waals surface area contributed by atoms with Crippen molar-refractivity contribution in [1.29, 1.82) is 0 Å². The van der Waals surface area contributed by atoms with E-state index in [2.05, 4.69) is 0 Å². The van der Waals surface area contributed by atoms with Crippen LogP contribution in [0.15, 0.2) is 24.3 Å². The first-order valence-electron chi connectivity index (χ1n) is 5.24. The number of rotatable bonds is 2. The normalized spacial score (nSPS) is 15.5. The van der Waals surface area contributed by atoms with Gasteiger partial charge in [-0.05, 0) is 37.1 Å². The van der Waals surface area contributed by atoms with Crippen LogP contribution in [0.5, 0.6) is 5.75 Å². The molecule has 1 fully saturated rings. The minimum absolute atomic E-state index is 0.164. The smallest absolute Gasteiger partial charge is 0.352 e. The quantitative estimate of drug-likeness (QED) is 0.811. The summed E-state index contributed by atoms with van der Waals surface area (Å²) in [4.78, 5) is 11.1. The average Bonchev–Trinajstić information content (AvgIpc) is 2.99. The lowest BCUT2D eigenvalue weighted by molar-refractivity contribution is 0.0685. The highest BCUT2D eigenvalue weighted by molar-refractivity contribution is 5.95. The van der Waals surface area contributed by atoms with Gasteiger partial charge < -0.3 is 14.8 Å². The lowest BCUT2D eigenvalue weighted by Crippen LogP contribution is -2.06. The molecular formula is C12H11NO3. The van der Waals surface area contributed by atoms with Crippen molar-refractivity contribution in [3.63, 3.8) is 0 Å². The molecule has 0 bridgehead atoms. The number of hydrogen-bond donors (Lipinski definition) is 2. The molecule has 82 valence electrons. The zero-order valence-corrected chi connectivity index (χ0v) is 8.55. The molecule has 4 heteroatoms. The molecule has 0 atom stereocenters. The van der Waals surface area contributed by atoms with Gasteiger partial charge in [0, 0.05) is 16.9 Å². The molecule has 0 unspecified atom stereocenters. The Labute approximate surface area is 91.7 Å². The van der Waals surface area contributed by atoms with Crippen LogP contribution in [0.2, 0.25) is 0 Å². The van der Waals surface area contributed by atoms with E-state index >= 15 is 0 Å². The summed E-state index contributed by atoms with van der Waals surface area (Å²) in [5.41, 5.74) is 1.20. The summed E-state index contributed by atoms with van der Waals surface area (Å²) in [6.07, 6.45) is 2.07. The minimum Gasteiger partial charge on any atom is -0.508 e. The Morgan fingerprint density at radius 1 is 1.31 bits per heavy atom. The van der Waals surface area contributed by atoms with Crippen LogP contribution in [-0.4, -0.2) is 20.7 Å². The van der Waals surface area contributed by atoms with Gasteiger partial charge >= 0.3 is 5.97 Å². The average molecular weight is 217 g/mol. The number of phenols is 1. The van der Waals surface area contributed by atoms with Crippen LogP contribution < -0.4 is 0 Å². The van der Waals surface area contributed by atoms with Crippen LogP contribution in [0, 0.1) is 0 Å². The molecule has 1 aliphatic rings. The Bertz CT molecular complexity index is 581. The van der Waals surface area contributed by atoms with Crippen molar-refractivity contribution < 1.29 is 15.0 Å². The van der Waals surface area contributed by atoms with Gasteiger partial charge in [-0.15, -0.1) is 0 Å². The molecule has 1 saturated carbocycles. The fourth-order valence-corrected chi connectivity index (χ4v) is 2.11. The number of aromatic nitrogens is 1. The van der Waals surface area contributed by atoms with Gasteiger partial charge in [-0.1, -0.05) is 0 Å². The first-order chi connectivity index (χ1) is 7.66. The van der Waals surface area contributed by atoms with E-state index in [1.165, 1.54) is 0 Å². The maximum Gasteiger partial charge on any atom is 0.352 e. The van der Waals surface area contributed by atoms with Crippen LogP contribution in [0.25, 0.3) is 10.9 Å². The number of nitrogens with zero attached hydrogens (tertiary/aromatic N) is 1. The molecule has 1 heterocycles. The van der Waals surface area contributed by atoms with E-state index in [-0.39, 0.29) is 5.75 Å². The third-order valence-electron chi connectivity index (χ3n) is 2.95. The van der Waals surface area contributed by atoms with Crippen LogP contribution >= 0.6 is 0 Å². The summed E-state index contributed by atoms with van der Waals surface area (Å²) in [5.74, 6) is -0.750. The zero-order valence-electron chi connectivity index (χ0n) is 8.55. The summed E-state index contributed by atoms with van der Waals surface area (Å²) in [7, 11) is 0. The van der Waals surface area contributed by atoms with Gasteiger partial charge in [0.2, 0.25) is 0 Å². The molecule has 1 aromatic heterocycles. The highest BCUT2D eigenvalue weighted by Gasteiger charge is 2.29. The number of aromatic hydroxyl groups is 1. The largest absolute Gasteiger partial charge is 0.508 e. The summed E-state index contributed by atoms with van der Waals surface area (Å²) in [6.45, 7) is 0. The topological polar surface area (TPSA) is 62.5 Å². The number of fused-ring (bicyclic) bond motifs is 1. The highest BCUT2D eigenvalue weighted by atomic mass is 16.4. The number of benzene rings is 1. The fraction of sp³-hybridized carbons (Fsp3) is 0.250.